The van der Waals surface area contributed by atoms with Gasteiger partial charge in [0, 0.05) is 5.56 Å². The molecule has 2 N–H and O–H groups in total. The van der Waals surface area contributed by atoms with Crippen molar-refractivity contribution in [2.24, 2.45) is 0 Å². The number of carbonyl (C=O) groups is 2. The van der Waals surface area contributed by atoms with Crippen LogP contribution in [0.4, 0.5) is 0 Å². The summed E-state index contributed by atoms with van der Waals surface area (Å²) in [6, 6.07) is 9.68. The first kappa shape index (κ1) is 22.2. The van der Waals surface area contributed by atoms with Crippen molar-refractivity contribution in [3.05, 3.63) is 53.6 Å². The Labute approximate surface area is 169 Å². The molecule has 2 aromatic carbocycles. The quantitative estimate of drug-likeness (QED) is 0.492. The molecule has 0 aliphatic heterocycles. The average Bonchev–Trinajstić information content (AvgIpc) is 2.71. The fourth-order valence-electron chi connectivity index (χ4n) is 2.31. The highest BCUT2D eigenvalue weighted by molar-refractivity contribution is 7.89. The molecular weight excluding hydrogens is 400 g/mol. The van der Waals surface area contributed by atoms with E-state index in [1.54, 1.807) is 6.07 Å². The molecule has 0 saturated heterocycles. The third-order valence-electron chi connectivity index (χ3n) is 3.65. The van der Waals surface area contributed by atoms with Crippen molar-refractivity contribution < 1.29 is 32.2 Å². The van der Waals surface area contributed by atoms with Crippen LogP contribution in [-0.4, -0.2) is 40.6 Å². The van der Waals surface area contributed by atoms with Gasteiger partial charge in [-0.05, 0) is 50.2 Å². The number of hydrogen-bond acceptors (Lipinski definition) is 7. The lowest BCUT2D eigenvalue weighted by atomic mass is 10.2. The van der Waals surface area contributed by atoms with Crippen LogP contribution in [0.25, 0.3) is 0 Å². The largest absolute Gasteiger partial charge is 0.493 e. The van der Waals surface area contributed by atoms with Crippen LogP contribution in [0.1, 0.15) is 34.6 Å². The minimum absolute atomic E-state index is 0.0622. The van der Waals surface area contributed by atoms with Gasteiger partial charge in [0.15, 0.2) is 11.5 Å². The molecule has 1 amide bonds. The predicted octanol–water partition coefficient (Wildman–Crippen LogP) is 1.89. The van der Waals surface area contributed by atoms with Crippen LogP contribution in [0.2, 0.25) is 0 Å². The van der Waals surface area contributed by atoms with Gasteiger partial charge >= 0.3 is 5.97 Å². The molecule has 29 heavy (non-hydrogen) atoms. The lowest BCUT2D eigenvalue weighted by molar-refractivity contribution is 0.0600. The zero-order valence-electron chi connectivity index (χ0n) is 16.4. The number of hydrazine groups is 1. The van der Waals surface area contributed by atoms with Crippen molar-refractivity contribution in [3.8, 4) is 11.5 Å². The first-order chi connectivity index (χ1) is 13.7. The molecule has 2 rings (SSSR count). The van der Waals surface area contributed by atoms with Crippen molar-refractivity contribution in [1.29, 1.82) is 0 Å². The van der Waals surface area contributed by atoms with E-state index in [1.807, 2.05) is 18.7 Å². The van der Waals surface area contributed by atoms with E-state index >= 15 is 0 Å². The molecule has 0 atom stereocenters. The van der Waals surface area contributed by atoms with Crippen molar-refractivity contribution in [1.82, 2.24) is 10.3 Å². The van der Waals surface area contributed by atoms with E-state index in [9.17, 15) is 18.0 Å². The van der Waals surface area contributed by atoms with Gasteiger partial charge in [-0.2, -0.15) is 0 Å². The number of carbonyl (C=O) groups excluding carboxylic acids is 2. The first-order valence-electron chi connectivity index (χ1n) is 8.53. The molecule has 0 unspecified atom stereocenters. The Hall–Kier alpha value is -3.11. The number of sulfonamides is 1. The monoisotopic (exact) mass is 422 g/mol. The molecule has 0 fully saturated rings. The number of nitrogens with one attached hydrogen (secondary N) is 2. The van der Waals surface area contributed by atoms with Gasteiger partial charge in [0.25, 0.3) is 15.9 Å². The topological polar surface area (TPSA) is 120 Å². The SMILES string of the molecule is COC(=O)c1cccc(S(=O)(=O)NNC(=O)c2ccc(OC(C)C)c(OC)c2)c1. The molecule has 0 spiro atoms. The van der Waals surface area contributed by atoms with Gasteiger partial charge in [0.05, 0.1) is 30.8 Å². The molecule has 0 aliphatic carbocycles. The molecule has 0 heterocycles. The molecule has 2 aromatic rings. The van der Waals surface area contributed by atoms with Crippen LogP contribution < -0.4 is 19.7 Å². The third kappa shape index (κ3) is 5.69. The number of benzene rings is 2. The summed E-state index contributed by atoms with van der Waals surface area (Å²) in [7, 11) is -1.49. The van der Waals surface area contributed by atoms with E-state index in [0.29, 0.717) is 11.5 Å². The van der Waals surface area contributed by atoms with Crippen molar-refractivity contribution in [2.45, 2.75) is 24.8 Å². The molecule has 156 valence electrons. The number of hydrogen-bond donors (Lipinski definition) is 2. The molecule has 10 heteroatoms. The summed E-state index contributed by atoms with van der Waals surface area (Å²) in [5, 5.41) is 0. The fourth-order valence-corrected chi connectivity index (χ4v) is 3.20. The number of ether oxygens (including phenoxy) is 3. The zero-order valence-corrected chi connectivity index (χ0v) is 17.2. The highest BCUT2D eigenvalue weighted by Gasteiger charge is 2.19. The Balaban J connectivity index is 2.14. The van der Waals surface area contributed by atoms with E-state index in [-0.39, 0.29) is 22.1 Å². The minimum Gasteiger partial charge on any atom is -0.493 e. The van der Waals surface area contributed by atoms with Crippen molar-refractivity contribution >= 4 is 21.9 Å². The summed E-state index contributed by atoms with van der Waals surface area (Å²) in [6.07, 6.45) is -0.0869. The van der Waals surface area contributed by atoms with Crippen LogP contribution >= 0.6 is 0 Å². The second-order valence-corrected chi connectivity index (χ2v) is 7.79. The summed E-state index contributed by atoms with van der Waals surface area (Å²) in [5.74, 6) is -0.590. The fraction of sp³-hybridized carbons (Fsp3) is 0.263. The zero-order chi connectivity index (χ0) is 21.6. The maximum atomic E-state index is 12.4. The van der Waals surface area contributed by atoms with E-state index < -0.39 is 21.9 Å². The highest BCUT2D eigenvalue weighted by atomic mass is 32.2. The number of rotatable bonds is 8. The Morgan fingerprint density at radius 3 is 2.31 bits per heavy atom. The summed E-state index contributed by atoms with van der Waals surface area (Å²) < 4.78 is 40.2. The second-order valence-electron chi connectivity index (χ2n) is 6.11. The van der Waals surface area contributed by atoms with Crippen LogP contribution in [0, 0.1) is 0 Å². The highest BCUT2D eigenvalue weighted by Crippen LogP contribution is 2.28. The lowest BCUT2D eigenvalue weighted by Crippen LogP contribution is -2.41. The molecule has 0 saturated carbocycles. The Bertz CT molecular complexity index is 1000. The van der Waals surface area contributed by atoms with Gasteiger partial charge in [-0.15, -0.1) is 4.83 Å². The number of amides is 1. The summed E-state index contributed by atoms with van der Waals surface area (Å²) in [5.41, 5.74) is 2.34. The first-order valence-corrected chi connectivity index (χ1v) is 10.0. The van der Waals surface area contributed by atoms with E-state index in [0.717, 1.165) is 6.07 Å². The van der Waals surface area contributed by atoms with Gasteiger partial charge in [-0.3, -0.25) is 10.2 Å². The Morgan fingerprint density at radius 2 is 1.69 bits per heavy atom. The molecular formula is C19H22N2O7S. The lowest BCUT2D eigenvalue weighted by Gasteiger charge is -2.14. The predicted molar refractivity (Wildman–Crippen MR) is 104 cm³/mol. The molecule has 0 aromatic heterocycles. The van der Waals surface area contributed by atoms with Crippen molar-refractivity contribution in [3.63, 3.8) is 0 Å². The van der Waals surface area contributed by atoms with E-state index in [1.165, 1.54) is 44.6 Å². The minimum atomic E-state index is -4.11. The smallest absolute Gasteiger partial charge is 0.337 e. The molecule has 0 aliphatic rings. The molecule has 0 bridgehead atoms. The van der Waals surface area contributed by atoms with Gasteiger partial charge < -0.3 is 14.2 Å². The summed E-state index contributed by atoms with van der Waals surface area (Å²) in [4.78, 5) is 25.7. The van der Waals surface area contributed by atoms with Gasteiger partial charge in [0.1, 0.15) is 0 Å². The van der Waals surface area contributed by atoms with Crippen molar-refractivity contribution in [2.75, 3.05) is 14.2 Å². The Morgan fingerprint density at radius 1 is 0.966 bits per heavy atom. The maximum absolute atomic E-state index is 12.4. The van der Waals surface area contributed by atoms with Crippen LogP contribution in [0.15, 0.2) is 47.4 Å². The standard InChI is InChI=1S/C19H22N2O7S/c1-12(2)28-16-9-8-13(11-17(16)26-3)18(22)20-21-29(24,25)15-7-5-6-14(10-15)19(23)27-4/h5-12,21H,1-4H3,(H,20,22). The number of esters is 1. The van der Waals surface area contributed by atoms with Crippen LogP contribution in [-0.2, 0) is 14.8 Å². The Kier molecular flexibility index (Phi) is 7.18. The normalized spacial score (nSPS) is 11.1. The molecule has 9 nitrogen and oxygen atoms in total. The second kappa shape index (κ2) is 9.39. The van der Waals surface area contributed by atoms with Gasteiger partial charge in [-0.25, -0.2) is 13.2 Å². The summed E-state index contributed by atoms with van der Waals surface area (Å²) in [6.45, 7) is 3.70. The van der Waals surface area contributed by atoms with Gasteiger partial charge in [-0.1, -0.05) is 6.07 Å². The average molecular weight is 422 g/mol. The summed E-state index contributed by atoms with van der Waals surface area (Å²) >= 11 is 0. The van der Waals surface area contributed by atoms with Crippen LogP contribution in [0.3, 0.4) is 0 Å². The third-order valence-corrected chi connectivity index (χ3v) is 4.90. The van der Waals surface area contributed by atoms with E-state index in [4.69, 9.17) is 9.47 Å². The van der Waals surface area contributed by atoms with Gasteiger partial charge in [0.2, 0.25) is 0 Å². The van der Waals surface area contributed by atoms with E-state index in [2.05, 4.69) is 10.2 Å². The van der Waals surface area contributed by atoms with Crippen LogP contribution in [0.5, 0.6) is 11.5 Å². The number of methoxy groups -OCH3 is 2. The molecule has 0 radical (unpaired) electrons. The maximum Gasteiger partial charge on any atom is 0.337 e.